The van der Waals surface area contributed by atoms with E-state index in [-0.39, 0.29) is 19.7 Å². The molecule has 0 aromatic heterocycles. The molecule has 5 amide bonds. The third kappa shape index (κ3) is 12.5. The second kappa shape index (κ2) is 18.9. The molecule has 4 N–H and O–H groups in total. The molecule has 12 heteroatoms. The number of carbonyl (C=O) groups is 6. The lowest BCUT2D eigenvalue weighted by atomic mass is 9.81. The molecule has 44 heavy (non-hydrogen) atoms. The number of nitrogens with zero attached hydrogens (tertiary/aromatic N) is 1. The van der Waals surface area contributed by atoms with Crippen LogP contribution in [0.25, 0.3) is 0 Å². The van der Waals surface area contributed by atoms with Gasteiger partial charge in [-0.25, -0.2) is 9.59 Å². The molecule has 1 aliphatic rings. The van der Waals surface area contributed by atoms with Gasteiger partial charge in [-0.2, -0.15) is 0 Å². The SMILES string of the molecule is C=CCNC(=O)C(=O)C(C)NC(=O)[C@@H]1CCCN1C(=O)C(NC(=O)N[C@H](C(=O)OCC=C)C(C)(C)CC)C(C)(C)C.CCC. The lowest BCUT2D eigenvalue weighted by Crippen LogP contribution is -2.62. The number of carbonyl (C=O) groups excluding carboxylic acids is 6. The molecule has 0 saturated carbocycles. The number of esters is 1. The van der Waals surface area contributed by atoms with Gasteiger partial charge in [-0.3, -0.25) is 19.2 Å². The fourth-order valence-corrected chi connectivity index (χ4v) is 4.25. The van der Waals surface area contributed by atoms with Crippen molar-refractivity contribution in [1.82, 2.24) is 26.2 Å². The van der Waals surface area contributed by atoms with E-state index in [1.165, 1.54) is 30.4 Å². The van der Waals surface area contributed by atoms with E-state index < -0.39 is 70.5 Å². The molecule has 0 bridgehead atoms. The van der Waals surface area contributed by atoms with E-state index in [2.05, 4.69) is 48.3 Å². The number of nitrogens with one attached hydrogen (secondary N) is 4. The van der Waals surface area contributed by atoms with Gasteiger partial charge in [0.1, 0.15) is 24.7 Å². The molecule has 2 unspecified atom stereocenters. The molecule has 0 aliphatic carbocycles. The van der Waals surface area contributed by atoms with E-state index in [1.54, 1.807) is 20.8 Å². The van der Waals surface area contributed by atoms with E-state index in [0.29, 0.717) is 19.3 Å². The highest BCUT2D eigenvalue weighted by molar-refractivity contribution is 6.38. The van der Waals surface area contributed by atoms with Crippen molar-refractivity contribution in [2.24, 2.45) is 10.8 Å². The number of hydrogen-bond donors (Lipinski definition) is 4. The van der Waals surface area contributed by atoms with Crippen molar-refractivity contribution in [3.05, 3.63) is 25.3 Å². The summed E-state index contributed by atoms with van der Waals surface area (Å²) in [5, 5.41) is 10.3. The van der Waals surface area contributed by atoms with Crippen LogP contribution in [0.2, 0.25) is 0 Å². The minimum Gasteiger partial charge on any atom is -0.460 e. The minimum atomic E-state index is -1.10. The van der Waals surface area contributed by atoms with Crippen LogP contribution in [-0.2, 0) is 28.7 Å². The zero-order chi connectivity index (χ0) is 34.3. The number of urea groups is 1. The fourth-order valence-electron chi connectivity index (χ4n) is 4.25. The summed E-state index contributed by atoms with van der Waals surface area (Å²) < 4.78 is 5.19. The number of Topliss-reactive ketones (excluding diaryl/α,β-unsaturated/α-hetero) is 1. The fraction of sp³-hybridized carbons (Fsp3) is 0.688. The van der Waals surface area contributed by atoms with Gasteiger partial charge in [0, 0.05) is 13.1 Å². The minimum absolute atomic E-state index is 0.0103. The van der Waals surface area contributed by atoms with E-state index in [0.717, 1.165) is 0 Å². The zero-order valence-corrected chi connectivity index (χ0v) is 28.1. The number of ketones is 1. The first-order valence-electron chi connectivity index (χ1n) is 15.3. The smallest absolute Gasteiger partial charge is 0.329 e. The van der Waals surface area contributed by atoms with Crippen LogP contribution in [0.1, 0.15) is 88.0 Å². The van der Waals surface area contributed by atoms with Crippen LogP contribution in [0.3, 0.4) is 0 Å². The summed E-state index contributed by atoms with van der Waals surface area (Å²) in [6.07, 6.45) is 5.56. The molecule has 1 rings (SSSR count). The van der Waals surface area contributed by atoms with Crippen LogP contribution in [0.4, 0.5) is 4.79 Å². The van der Waals surface area contributed by atoms with E-state index in [9.17, 15) is 28.8 Å². The van der Waals surface area contributed by atoms with Gasteiger partial charge in [-0.05, 0) is 37.0 Å². The highest BCUT2D eigenvalue weighted by Crippen LogP contribution is 2.28. The topological polar surface area (TPSA) is 163 Å². The molecule has 250 valence electrons. The molecule has 1 saturated heterocycles. The lowest BCUT2D eigenvalue weighted by molar-refractivity contribution is -0.147. The van der Waals surface area contributed by atoms with Gasteiger partial charge in [0.2, 0.25) is 17.6 Å². The van der Waals surface area contributed by atoms with Gasteiger partial charge in [0.05, 0.1) is 6.04 Å². The van der Waals surface area contributed by atoms with Crippen molar-refractivity contribution in [3.8, 4) is 0 Å². The van der Waals surface area contributed by atoms with Crippen molar-refractivity contribution in [2.45, 2.75) is 112 Å². The largest absolute Gasteiger partial charge is 0.460 e. The standard InChI is InChI=1S/C29H47N5O7.C3H8/c1-10-15-30-24(37)20(35)18(4)31-23(36)19-14-13-16-34(19)25(38)21(28(5,6)7)32-27(40)33-22(29(8,9)12-3)26(39)41-17-11-2;1-3-2/h10-11,18-19,21-22H,1-2,12-17H2,3-9H3,(H,30,37)(H,31,36)(H2,32,33,40);3H2,1-2H3/t18?,19-,21?,22+;/m0./s1. The zero-order valence-electron chi connectivity index (χ0n) is 28.1. The Labute approximate surface area is 263 Å². The second-order valence-corrected chi connectivity index (χ2v) is 12.6. The Hall–Kier alpha value is -3.70. The van der Waals surface area contributed by atoms with Gasteiger partial charge < -0.3 is 30.9 Å². The lowest BCUT2D eigenvalue weighted by Gasteiger charge is -2.37. The Bertz CT molecular complexity index is 1030. The molecule has 1 fully saturated rings. The van der Waals surface area contributed by atoms with Gasteiger partial charge in [0.25, 0.3) is 5.91 Å². The molecule has 1 aliphatic heterocycles. The summed E-state index contributed by atoms with van der Waals surface area (Å²) in [5.41, 5.74) is -1.41. The number of amides is 5. The van der Waals surface area contributed by atoms with Gasteiger partial charge in [-0.15, -0.1) is 6.58 Å². The average molecular weight is 622 g/mol. The number of rotatable bonds is 14. The van der Waals surface area contributed by atoms with Crippen LogP contribution < -0.4 is 21.3 Å². The molecule has 0 radical (unpaired) electrons. The van der Waals surface area contributed by atoms with Gasteiger partial charge >= 0.3 is 12.0 Å². The normalized spacial score (nSPS) is 16.6. The van der Waals surface area contributed by atoms with Crippen LogP contribution in [0.15, 0.2) is 25.3 Å². The molecular weight excluding hydrogens is 566 g/mol. The van der Waals surface area contributed by atoms with Crippen LogP contribution >= 0.6 is 0 Å². The molecule has 12 nitrogen and oxygen atoms in total. The van der Waals surface area contributed by atoms with Crippen LogP contribution in [0.5, 0.6) is 0 Å². The molecule has 1 heterocycles. The van der Waals surface area contributed by atoms with Crippen molar-refractivity contribution in [1.29, 1.82) is 0 Å². The first kappa shape index (κ1) is 40.3. The van der Waals surface area contributed by atoms with E-state index in [1.807, 2.05) is 20.8 Å². The molecule has 0 aromatic carbocycles. The maximum atomic E-state index is 13.8. The van der Waals surface area contributed by atoms with Crippen molar-refractivity contribution >= 4 is 35.5 Å². The Morgan fingerprint density at radius 1 is 0.932 bits per heavy atom. The monoisotopic (exact) mass is 621 g/mol. The maximum absolute atomic E-state index is 13.8. The summed E-state index contributed by atoms with van der Waals surface area (Å²) in [5.74, 6) is -3.34. The predicted molar refractivity (Wildman–Crippen MR) is 170 cm³/mol. The Morgan fingerprint density at radius 2 is 1.50 bits per heavy atom. The highest BCUT2D eigenvalue weighted by atomic mass is 16.5. The van der Waals surface area contributed by atoms with E-state index in [4.69, 9.17) is 4.74 Å². The molecular formula is C32H55N5O7. The highest BCUT2D eigenvalue weighted by Gasteiger charge is 2.43. The van der Waals surface area contributed by atoms with Gasteiger partial charge in [-0.1, -0.05) is 80.5 Å². The van der Waals surface area contributed by atoms with Crippen molar-refractivity contribution < 1.29 is 33.5 Å². The summed E-state index contributed by atoms with van der Waals surface area (Å²) >= 11 is 0. The number of ether oxygens (including phenoxy) is 1. The quantitative estimate of drug-likeness (QED) is 0.132. The Balaban J connectivity index is 0.00000590. The first-order chi connectivity index (χ1) is 20.4. The third-order valence-corrected chi connectivity index (χ3v) is 7.16. The van der Waals surface area contributed by atoms with Crippen molar-refractivity contribution in [2.75, 3.05) is 19.7 Å². The molecule has 0 spiro atoms. The Kier molecular flexibility index (Phi) is 17.3. The van der Waals surface area contributed by atoms with E-state index >= 15 is 0 Å². The first-order valence-corrected chi connectivity index (χ1v) is 15.3. The number of hydrogen-bond acceptors (Lipinski definition) is 7. The summed E-state index contributed by atoms with van der Waals surface area (Å²) in [4.78, 5) is 78.4. The average Bonchev–Trinajstić information content (AvgIpc) is 3.45. The predicted octanol–water partition coefficient (Wildman–Crippen LogP) is 3.02. The van der Waals surface area contributed by atoms with Gasteiger partial charge in [0.15, 0.2) is 0 Å². The number of likely N-dealkylation sites (tertiary alicyclic amines) is 1. The van der Waals surface area contributed by atoms with Crippen LogP contribution in [0, 0.1) is 10.8 Å². The van der Waals surface area contributed by atoms with Crippen LogP contribution in [-0.4, -0.2) is 84.3 Å². The van der Waals surface area contributed by atoms with Crippen molar-refractivity contribution in [3.63, 3.8) is 0 Å². The summed E-state index contributed by atoms with van der Waals surface area (Å²) in [7, 11) is 0. The Morgan fingerprint density at radius 3 is 2.00 bits per heavy atom. The maximum Gasteiger partial charge on any atom is 0.329 e. The summed E-state index contributed by atoms with van der Waals surface area (Å²) in [6, 6.07) is -4.76. The third-order valence-electron chi connectivity index (χ3n) is 7.16. The molecule has 4 atom stereocenters. The second-order valence-electron chi connectivity index (χ2n) is 12.6. The molecule has 0 aromatic rings. The summed E-state index contributed by atoms with van der Waals surface area (Å²) in [6.45, 7) is 23.9.